The number of hydrogen-bond acceptors (Lipinski definition) is 3. The van der Waals surface area contributed by atoms with Crippen LogP contribution in [0.3, 0.4) is 0 Å². The Kier molecular flexibility index (Phi) is 6.72. The molecule has 5 nitrogen and oxygen atoms in total. The first-order chi connectivity index (χ1) is 12.1. The molecule has 1 aliphatic carbocycles. The van der Waals surface area contributed by atoms with E-state index in [2.05, 4.69) is 29.5 Å². The predicted octanol–water partition coefficient (Wildman–Crippen LogP) is 3.28. The maximum atomic E-state index is 11.7. The van der Waals surface area contributed by atoms with Gasteiger partial charge in [-0.15, -0.1) is 0 Å². The summed E-state index contributed by atoms with van der Waals surface area (Å²) >= 11 is 0. The Morgan fingerprint density at radius 3 is 2.42 bits per heavy atom. The molecule has 0 atom stereocenters. The van der Waals surface area contributed by atoms with Crippen LogP contribution in [0.4, 0.5) is 0 Å². The largest absolute Gasteiger partial charge is 0.356 e. The lowest BCUT2D eigenvalue weighted by Crippen LogP contribution is -2.43. The summed E-state index contributed by atoms with van der Waals surface area (Å²) in [5, 5.41) is 6.77. The zero-order chi connectivity index (χ0) is 19.4. The molecule has 1 fully saturated rings. The third-order valence-corrected chi connectivity index (χ3v) is 6.75. The monoisotopic (exact) mass is 379 g/mol. The van der Waals surface area contributed by atoms with E-state index in [1.807, 2.05) is 19.1 Å². The van der Waals surface area contributed by atoms with E-state index in [0.29, 0.717) is 11.4 Å². The van der Waals surface area contributed by atoms with Crippen LogP contribution in [0.25, 0.3) is 0 Å². The Bertz CT molecular complexity index is 748. The van der Waals surface area contributed by atoms with Crippen LogP contribution >= 0.6 is 0 Å². The standard InChI is InChI=1S/C20H33N3O2S/c1-15-12-16(10-11-18(15)26(5,24)25)13-22-19(21-4)23-14-20(2,3)17-8-6-7-9-17/h10-12,17H,6-9,13-14H2,1-5H3,(H2,21,22,23). The molecule has 6 heteroatoms. The van der Waals surface area contributed by atoms with E-state index in [1.54, 1.807) is 13.1 Å². The summed E-state index contributed by atoms with van der Waals surface area (Å²) in [6.45, 7) is 7.99. The lowest BCUT2D eigenvalue weighted by atomic mass is 9.78. The first-order valence-electron chi connectivity index (χ1n) is 9.37. The zero-order valence-electron chi connectivity index (χ0n) is 16.7. The van der Waals surface area contributed by atoms with Gasteiger partial charge in [-0.2, -0.15) is 0 Å². The number of guanidine groups is 1. The van der Waals surface area contributed by atoms with E-state index in [1.165, 1.54) is 31.9 Å². The van der Waals surface area contributed by atoms with Crippen LogP contribution in [-0.4, -0.2) is 34.2 Å². The fourth-order valence-corrected chi connectivity index (χ4v) is 4.77. The third-order valence-electron chi connectivity index (χ3n) is 5.49. The molecule has 146 valence electrons. The molecule has 0 spiro atoms. The van der Waals surface area contributed by atoms with Gasteiger partial charge in [0, 0.05) is 26.4 Å². The topological polar surface area (TPSA) is 70.6 Å². The highest BCUT2D eigenvalue weighted by Gasteiger charge is 2.31. The lowest BCUT2D eigenvalue weighted by Gasteiger charge is -2.32. The van der Waals surface area contributed by atoms with Crippen LogP contribution in [0.2, 0.25) is 0 Å². The molecule has 0 amide bonds. The minimum Gasteiger partial charge on any atom is -0.356 e. The van der Waals surface area contributed by atoms with Crippen LogP contribution in [0.5, 0.6) is 0 Å². The van der Waals surface area contributed by atoms with Gasteiger partial charge in [0.05, 0.1) is 4.90 Å². The average molecular weight is 380 g/mol. The van der Waals surface area contributed by atoms with Crippen molar-refractivity contribution in [3.63, 3.8) is 0 Å². The Hall–Kier alpha value is -1.56. The summed E-state index contributed by atoms with van der Waals surface area (Å²) in [6, 6.07) is 5.45. The first-order valence-corrected chi connectivity index (χ1v) is 11.3. The normalized spacial score (nSPS) is 16.7. The predicted molar refractivity (Wildman–Crippen MR) is 108 cm³/mol. The maximum Gasteiger partial charge on any atom is 0.191 e. The van der Waals surface area contributed by atoms with Crippen molar-refractivity contribution in [1.82, 2.24) is 10.6 Å². The lowest BCUT2D eigenvalue weighted by molar-refractivity contribution is 0.218. The molecule has 2 rings (SSSR count). The van der Waals surface area contributed by atoms with E-state index >= 15 is 0 Å². The summed E-state index contributed by atoms with van der Waals surface area (Å²) in [6.07, 6.45) is 6.60. The van der Waals surface area contributed by atoms with Crippen molar-refractivity contribution in [2.45, 2.75) is 57.9 Å². The molecule has 1 saturated carbocycles. The number of nitrogens with one attached hydrogen (secondary N) is 2. The highest BCUT2D eigenvalue weighted by atomic mass is 32.2. The van der Waals surface area contributed by atoms with Crippen molar-refractivity contribution in [2.75, 3.05) is 19.8 Å². The van der Waals surface area contributed by atoms with Crippen LogP contribution in [0, 0.1) is 18.3 Å². The summed E-state index contributed by atoms with van der Waals surface area (Å²) in [5.41, 5.74) is 2.06. The second-order valence-electron chi connectivity index (χ2n) is 8.12. The van der Waals surface area contributed by atoms with Crippen LogP contribution in [0.15, 0.2) is 28.1 Å². The van der Waals surface area contributed by atoms with E-state index in [9.17, 15) is 8.42 Å². The number of aliphatic imine (C=N–C) groups is 1. The van der Waals surface area contributed by atoms with Gasteiger partial charge in [0.2, 0.25) is 0 Å². The molecular formula is C20H33N3O2S. The van der Waals surface area contributed by atoms with Crippen LogP contribution < -0.4 is 10.6 Å². The summed E-state index contributed by atoms with van der Waals surface area (Å²) in [4.78, 5) is 4.70. The molecule has 0 aliphatic heterocycles. The number of aryl methyl sites for hydroxylation is 1. The van der Waals surface area contributed by atoms with Gasteiger partial charge in [-0.05, 0) is 48.3 Å². The Balaban J connectivity index is 1.92. The van der Waals surface area contributed by atoms with Gasteiger partial charge in [-0.3, -0.25) is 4.99 Å². The van der Waals surface area contributed by atoms with Gasteiger partial charge in [0.25, 0.3) is 0 Å². The molecule has 26 heavy (non-hydrogen) atoms. The molecule has 0 bridgehead atoms. The van der Waals surface area contributed by atoms with E-state index in [-0.39, 0.29) is 5.41 Å². The van der Waals surface area contributed by atoms with Crippen LogP contribution in [0.1, 0.15) is 50.7 Å². The summed E-state index contributed by atoms with van der Waals surface area (Å²) in [7, 11) is -1.40. The number of benzene rings is 1. The minimum absolute atomic E-state index is 0.252. The number of rotatable bonds is 6. The molecular weight excluding hydrogens is 346 g/mol. The van der Waals surface area contributed by atoms with Crippen molar-refractivity contribution in [3.05, 3.63) is 29.3 Å². The van der Waals surface area contributed by atoms with Crippen molar-refractivity contribution in [2.24, 2.45) is 16.3 Å². The maximum absolute atomic E-state index is 11.7. The third kappa shape index (κ3) is 5.47. The van der Waals surface area contributed by atoms with Gasteiger partial charge >= 0.3 is 0 Å². The van der Waals surface area contributed by atoms with Gasteiger partial charge < -0.3 is 10.6 Å². The average Bonchev–Trinajstić information content (AvgIpc) is 3.09. The van der Waals surface area contributed by atoms with E-state index < -0.39 is 9.84 Å². The minimum atomic E-state index is -3.18. The van der Waals surface area contributed by atoms with Crippen LogP contribution in [-0.2, 0) is 16.4 Å². The second kappa shape index (κ2) is 8.42. The molecule has 0 saturated heterocycles. The summed E-state index contributed by atoms with van der Waals surface area (Å²) < 4.78 is 23.4. The van der Waals surface area contributed by atoms with Gasteiger partial charge in [0.1, 0.15) is 0 Å². The van der Waals surface area contributed by atoms with Gasteiger partial charge in [-0.25, -0.2) is 8.42 Å². The van der Waals surface area contributed by atoms with Gasteiger partial charge in [-0.1, -0.05) is 38.8 Å². The molecule has 1 aromatic rings. The molecule has 0 radical (unpaired) electrons. The first kappa shape index (κ1) is 20.7. The molecule has 0 heterocycles. The molecule has 1 aliphatic rings. The second-order valence-corrected chi connectivity index (χ2v) is 10.1. The Morgan fingerprint density at radius 1 is 1.23 bits per heavy atom. The Labute approximate surface area is 158 Å². The number of sulfone groups is 1. The van der Waals surface area contributed by atoms with Crippen molar-refractivity contribution < 1.29 is 8.42 Å². The molecule has 2 N–H and O–H groups in total. The molecule has 1 aromatic carbocycles. The fraction of sp³-hybridized carbons (Fsp3) is 0.650. The smallest absolute Gasteiger partial charge is 0.191 e. The van der Waals surface area contributed by atoms with E-state index in [4.69, 9.17) is 0 Å². The van der Waals surface area contributed by atoms with Gasteiger partial charge in [0.15, 0.2) is 15.8 Å². The highest BCUT2D eigenvalue weighted by Crippen LogP contribution is 2.38. The number of hydrogen-bond donors (Lipinski definition) is 2. The van der Waals surface area contributed by atoms with E-state index in [0.717, 1.165) is 29.5 Å². The number of nitrogens with zero attached hydrogens (tertiary/aromatic N) is 1. The van der Waals surface area contributed by atoms with Crippen molar-refractivity contribution in [3.8, 4) is 0 Å². The quantitative estimate of drug-likeness (QED) is 0.588. The zero-order valence-corrected chi connectivity index (χ0v) is 17.5. The fourth-order valence-electron chi connectivity index (χ4n) is 3.81. The SMILES string of the molecule is CN=C(NCc1ccc(S(C)(=O)=O)c(C)c1)NCC(C)(C)C1CCCC1. The molecule has 0 aromatic heterocycles. The Morgan fingerprint density at radius 2 is 1.88 bits per heavy atom. The molecule has 0 unspecified atom stereocenters. The van der Waals surface area contributed by atoms with Crippen molar-refractivity contribution in [1.29, 1.82) is 0 Å². The van der Waals surface area contributed by atoms with Crippen molar-refractivity contribution >= 4 is 15.8 Å². The highest BCUT2D eigenvalue weighted by molar-refractivity contribution is 7.90. The summed E-state index contributed by atoms with van der Waals surface area (Å²) in [5.74, 6) is 1.56.